The highest BCUT2D eigenvalue weighted by Crippen LogP contribution is 2.27. The summed E-state index contributed by atoms with van der Waals surface area (Å²) in [7, 11) is 0. The standard InChI is InChI=1S/C18H21N5O2S/c1-4-12(2)23-15(10-11-19-23)20-16(24)13(3)26-18-22-21-17(25-18)14-8-6-5-7-9-14/h5-13H,4H2,1-3H3,(H,20,24)/t12-,13-/m0/s1. The monoisotopic (exact) mass is 371 g/mol. The quantitative estimate of drug-likeness (QED) is 0.631. The zero-order valence-electron chi connectivity index (χ0n) is 14.9. The summed E-state index contributed by atoms with van der Waals surface area (Å²) >= 11 is 1.23. The van der Waals surface area contributed by atoms with E-state index in [-0.39, 0.29) is 17.2 Å². The minimum absolute atomic E-state index is 0.139. The third-order valence-electron chi connectivity index (χ3n) is 4.00. The minimum Gasteiger partial charge on any atom is -0.411 e. The molecule has 0 saturated carbocycles. The molecule has 1 aromatic carbocycles. The first-order valence-electron chi connectivity index (χ1n) is 8.48. The molecule has 0 aliphatic rings. The lowest BCUT2D eigenvalue weighted by molar-refractivity contribution is -0.115. The van der Waals surface area contributed by atoms with Crippen molar-refractivity contribution in [2.45, 2.75) is 43.7 Å². The molecule has 0 saturated heterocycles. The highest BCUT2D eigenvalue weighted by atomic mass is 32.2. The molecule has 2 atom stereocenters. The maximum Gasteiger partial charge on any atom is 0.277 e. The van der Waals surface area contributed by atoms with Gasteiger partial charge >= 0.3 is 0 Å². The van der Waals surface area contributed by atoms with Gasteiger partial charge in [0.15, 0.2) is 0 Å². The number of aromatic nitrogens is 4. The predicted molar refractivity (Wildman–Crippen MR) is 101 cm³/mol. The number of rotatable bonds is 7. The number of hydrogen-bond donors (Lipinski definition) is 1. The Bertz CT molecular complexity index is 861. The van der Waals surface area contributed by atoms with Gasteiger partial charge in [0.25, 0.3) is 5.22 Å². The fourth-order valence-electron chi connectivity index (χ4n) is 2.32. The molecule has 1 amide bonds. The van der Waals surface area contributed by atoms with Crippen LogP contribution in [0.1, 0.15) is 33.2 Å². The Morgan fingerprint density at radius 1 is 1.23 bits per heavy atom. The first-order valence-corrected chi connectivity index (χ1v) is 9.36. The van der Waals surface area contributed by atoms with E-state index in [4.69, 9.17) is 4.42 Å². The molecule has 0 unspecified atom stereocenters. The Balaban J connectivity index is 1.63. The molecular weight excluding hydrogens is 350 g/mol. The van der Waals surface area contributed by atoms with E-state index in [0.29, 0.717) is 16.9 Å². The molecule has 2 aromatic heterocycles. The molecule has 2 heterocycles. The van der Waals surface area contributed by atoms with Crippen molar-refractivity contribution in [1.29, 1.82) is 0 Å². The zero-order chi connectivity index (χ0) is 18.5. The van der Waals surface area contributed by atoms with Crippen LogP contribution in [-0.4, -0.2) is 31.1 Å². The first kappa shape index (κ1) is 18.2. The van der Waals surface area contributed by atoms with Crippen molar-refractivity contribution in [1.82, 2.24) is 20.0 Å². The molecule has 0 fully saturated rings. The van der Waals surface area contributed by atoms with Crippen LogP contribution in [0, 0.1) is 0 Å². The summed E-state index contributed by atoms with van der Waals surface area (Å²) in [5.74, 6) is 0.988. The summed E-state index contributed by atoms with van der Waals surface area (Å²) < 4.78 is 7.46. The summed E-state index contributed by atoms with van der Waals surface area (Å²) in [6.07, 6.45) is 2.61. The molecule has 1 N–H and O–H groups in total. The Kier molecular flexibility index (Phi) is 5.72. The van der Waals surface area contributed by atoms with Crippen LogP contribution in [0.25, 0.3) is 11.5 Å². The van der Waals surface area contributed by atoms with Gasteiger partial charge in [-0.25, -0.2) is 4.68 Å². The number of nitrogens with one attached hydrogen (secondary N) is 1. The SMILES string of the molecule is CC[C@H](C)n1nccc1NC(=O)[C@H](C)Sc1nnc(-c2ccccc2)o1. The van der Waals surface area contributed by atoms with E-state index in [1.165, 1.54) is 11.8 Å². The van der Waals surface area contributed by atoms with E-state index in [2.05, 4.69) is 34.5 Å². The molecule has 0 spiro atoms. The van der Waals surface area contributed by atoms with Gasteiger partial charge in [-0.05, 0) is 32.4 Å². The second-order valence-corrected chi connectivity index (χ2v) is 7.20. The van der Waals surface area contributed by atoms with Crippen LogP contribution in [0.5, 0.6) is 0 Å². The lowest BCUT2D eigenvalue weighted by Crippen LogP contribution is -2.24. The zero-order valence-corrected chi connectivity index (χ0v) is 15.7. The average Bonchev–Trinajstić information content (AvgIpc) is 3.31. The summed E-state index contributed by atoms with van der Waals surface area (Å²) in [5.41, 5.74) is 0.849. The summed E-state index contributed by atoms with van der Waals surface area (Å²) in [4.78, 5) is 12.5. The number of anilines is 1. The van der Waals surface area contributed by atoms with Gasteiger partial charge in [-0.3, -0.25) is 4.79 Å². The summed E-state index contributed by atoms with van der Waals surface area (Å²) in [6.45, 7) is 5.94. The van der Waals surface area contributed by atoms with Crippen molar-refractivity contribution in [3.8, 4) is 11.5 Å². The van der Waals surface area contributed by atoms with Crippen LogP contribution in [0.15, 0.2) is 52.2 Å². The van der Waals surface area contributed by atoms with Crippen molar-refractivity contribution in [3.63, 3.8) is 0 Å². The highest BCUT2D eigenvalue weighted by Gasteiger charge is 2.20. The van der Waals surface area contributed by atoms with Crippen LogP contribution >= 0.6 is 11.8 Å². The van der Waals surface area contributed by atoms with Crippen LogP contribution < -0.4 is 5.32 Å². The van der Waals surface area contributed by atoms with Crippen molar-refractivity contribution in [2.24, 2.45) is 0 Å². The smallest absolute Gasteiger partial charge is 0.277 e. The lowest BCUT2D eigenvalue weighted by atomic mass is 10.2. The van der Waals surface area contributed by atoms with E-state index < -0.39 is 0 Å². The summed E-state index contributed by atoms with van der Waals surface area (Å²) in [6, 6.07) is 11.5. The van der Waals surface area contributed by atoms with E-state index in [0.717, 1.165) is 12.0 Å². The first-order chi connectivity index (χ1) is 12.6. The van der Waals surface area contributed by atoms with Gasteiger partial charge in [-0.1, -0.05) is 36.9 Å². The third kappa shape index (κ3) is 4.13. The Labute approximate surface area is 156 Å². The Morgan fingerprint density at radius 2 is 2.00 bits per heavy atom. The maximum atomic E-state index is 12.5. The molecule has 3 rings (SSSR count). The van der Waals surface area contributed by atoms with Crippen LogP contribution in [0.2, 0.25) is 0 Å². The van der Waals surface area contributed by atoms with E-state index in [9.17, 15) is 4.79 Å². The van der Waals surface area contributed by atoms with E-state index >= 15 is 0 Å². The number of carbonyl (C=O) groups is 1. The number of benzene rings is 1. The molecular formula is C18H21N5O2S. The van der Waals surface area contributed by atoms with E-state index in [1.807, 2.05) is 35.0 Å². The molecule has 7 nitrogen and oxygen atoms in total. The van der Waals surface area contributed by atoms with Crippen molar-refractivity contribution < 1.29 is 9.21 Å². The van der Waals surface area contributed by atoms with Gasteiger partial charge in [-0.15, -0.1) is 10.2 Å². The fourth-order valence-corrected chi connectivity index (χ4v) is 3.01. The maximum absolute atomic E-state index is 12.5. The molecule has 0 radical (unpaired) electrons. The van der Waals surface area contributed by atoms with Crippen molar-refractivity contribution >= 4 is 23.5 Å². The molecule has 3 aromatic rings. The van der Waals surface area contributed by atoms with Gasteiger partial charge in [0.05, 0.1) is 17.5 Å². The molecule has 0 bridgehead atoms. The normalized spacial score (nSPS) is 13.3. The largest absolute Gasteiger partial charge is 0.411 e. The van der Waals surface area contributed by atoms with E-state index in [1.54, 1.807) is 19.2 Å². The second kappa shape index (κ2) is 8.18. The molecule has 136 valence electrons. The number of carbonyl (C=O) groups excluding carboxylic acids is 1. The highest BCUT2D eigenvalue weighted by molar-refractivity contribution is 8.00. The topological polar surface area (TPSA) is 85.8 Å². The number of amides is 1. The Morgan fingerprint density at radius 3 is 2.73 bits per heavy atom. The minimum atomic E-state index is -0.389. The molecule has 8 heteroatoms. The van der Waals surface area contributed by atoms with Crippen molar-refractivity contribution in [3.05, 3.63) is 42.6 Å². The number of hydrogen-bond acceptors (Lipinski definition) is 6. The second-order valence-electron chi connectivity index (χ2n) is 5.91. The lowest BCUT2D eigenvalue weighted by Gasteiger charge is -2.15. The van der Waals surface area contributed by atoms with Crippen molar-refractivity contribution in [2.75, 3.05) is 5.32 Å². The third-order valence-corrected chi connectivity index (χ3v) is 4.94. The van der Waals surface area contributed by atoms with Crippen LogP contribution in [0.3, 0.4) is 0 Å². The molecule has 0 aliphatic heterocycles. The van der Waals surface area contributed by atoms with Crippen LogP contribution in [-0.2, 0) is 4.79 Å². The van der Waals surface area contributed by atoms with Gasteiger partial charge in [0.2, 0.25) is 11.8 Å². The predicted octanol–water partition coefficient (Wildman–Crippen LogP) is 4.02. The number of thioether (sulfide) groups is 1. The van der Waals surface area contributed by atoms with Gasteiger partial charge < -0.3 is 9.73 Å². The number of nitrogens with zero attached hydrogens (tertiary/aromatic N) is 4. The average molecular weight is 371 g/mol. The van der Waals surface area contributed by atoms with Crippen LogP contribution in [0.4, 0.5) is 5.82 Å². The Hall–Kier alpha value is -2.61. The fraction of sp³-hybridized carbons (Fsp3) is 0.333. The van der Waals surface area contributed by atoms with Gasteiger partial charge in [0.1, 0.15) is 5.82 Å². The molecule has 26 heavy (non-hydrogen) atoms. The summed E-state index contributed by atoms with van der Waals surface area (Å²) in [5, 5.41) is 15.2. The van der Waals surface area contributed by atoms with Gasteiger partial charge in [-0.2, -0.15) is 5.10 Å². The van der Waals surface area contributed by atoms with Gasteiger partial charge in [0, 0.05) is 11.6 Å². The molecule has 0 aliphatic carbocycles.